The van der Waals surface area contributed by atoms with E-state index in [2.05, 4.69) is 39.9 Å². The zero-order valence-corrected chi connectivity index (χ0v) is 15.0. The second-order valence-corrected chi connectivity index (χ2v) is 6.76. The van der Waals surface area contributed by atoms with Crippen LogP contribution in [0.5, 0.6) is 0 Å². The summed E-state index contributed by atoms with van der Waals surface area (Å²) in [5.41, 5.74) is 3.99. The van der Waals surface area contributed by atoms with Crippen LogP contribution in [0.15, 0.2) is 60.0 Å². The molecule has 0 aliphatic carbocycles. The summed E-state index contributed by atoms with van der Waals surface area (Å²) in [5.74, 6) is -0.130. The molecule has 1 heterocycles. The van der Waals surface area contributed by atoms with Crippen molar-refractivity contribution < 1.29 is 4.79 Å². The van der Waals surface area contributed by atoms with Gasteiger partial charge in [-0.3, -0.25) is 4.79 Å². The highest BCUT2D eigenvalue weighted by Crippen LogP contribution is 2.15. The lowest BCUT2D eigenvalue weighted by molar-refractivity contribution is 0.0946. The highest BCUT2D eigenvalue weighted by molar-refractivity contribution is 7.09. The number of amides is 1. The first kappa shape index (κ1) is 17.3. The molecule has 1 amide bonds. The van der Waals surface area contributed by atoms with Crippen molar-refractivity contribution in [3.63, 3.8) is 0 Å². The van der Waals surface area contributed by atoms with Crippen molar-refractivity contribution in [1.82, 2.24) is 15.6 Å². The van der Waals surface area contributed by atoms with E-state index in [9.17, 15) is 4.79 Å². The molecule has 128 valence electrons. The summed E-state index contributed by atoms with van der Waals surface area (Å²) in [6, 6.07) is 18.4. The molecular formula is C20H21N3OS. The zero-order chi connectivity index (χ0) is 17.5. The smallest absolute Gasteiger partial charge is 0.271 e. The molecule has 0 aliphatic rings. The van der Waals surface area contributed by atoms with Crippen molar-refractivity contribution >= 4 is 17.2 Å². The van der Waals surface area contributed by atoms with Crippen LogP contribution in [0.1, 0.15) is 32.2 Å². The van der Waals surface area contributed by atoms with E-state index in [0.717, 1.165) is 23.5 Å². The van der Waals surface area contributed by atoms with Gasteiger partial charge in [0.25, 0.3) is 5.91 Å². The lowest BCUT2D eigenvalue weighted by Gasteiger charge is -2.05. The van der Waals surface area contributed by atoms with E-state index in [0.29, 0.717) is 12.2 Å². The lowest BCUT2D eigenvalue weighted by Crippen LogP contribution is -2.23. The fourth-order valence-electron chi connectivity index (χ4n) is 2.52. The zero-order valence-electron chi connectivity index (χ0n) is 14.2. The Labute approximate surface area is 151 Å². The van der Waals surface area contributed by atoms with Crippen molar-refractivity contribution in [3.05, 3.63) is 87.4 Å². The summed E-state index contributed by atoms with van der Waals surface area (Å²) < 4.78 is 0. The van der Waals surface area contributed by atoms with Crippen LogP contribution in [-0.4, -0.2) is 17.9 Å². The number of benzene rings is 2. The van der Waals surface area contributed by atoms with Gasteiger partial charge in [-0.25, -0.2) is 4.98 Å². The fourth-order valence-corrected chi connectivity index (χ4v) is 3.33. The molecule has 2 aromatic carbocycles. The van der Waals surface area contributed by atoms with E-state index in [-0.39, 0.29) is 5.91 Å². The molecule has 0 aliphatic heterocycles. The fraction of sp³-hybridized carbons (Fsp3) is 0.200. The highest BCUT2D eigenvalue weighted by Gasteiger charge is 2.10. The second-order valence-electron chi connectivity index (χ2n) is 5.82. The molecule has 25 heavy (non-hydrogen) atoms. The first-order chi connectivity index (χ1) is 12.2. The van der Waals surface area contributed by atoms with Crippen molar-refractivity contribution in [1.29, 1.82) is 0 Å². The number of aromatic nitrogens is 1. The van der Waals surface area contributed by atoms with Crippen LogP contribution in [0.2, 0.25) is 0 Å². The lowest BCUT2D eigenvalue weighted by atomic mass is 10.1. The Bertz CT molecular complexity index is 812. The Morgan fingerprint density at radius 1 is 0.960 bits per heavy atom. The van der Waals surface area contributed by atoms with E-state index in [4.69, 9.17) is 0 Å². The monoisotopic (exact) mass is 351 g/mol. The van der Waals surface area contributed by atoms with Crippen LogP contribution in [0.4, 0.5) is 0 Å². The van der Waals surface area contributed by atoms with Crippen LogP contribution < -0.4 is 10.6 Å². The summed E-state index contributed by atoms with van der Waals surface area (Å²) in [6.07, 6.45) is 0.756. The van der Waals surface area contributed by atoms with Gasteiger partial charge in [0, 0.05) is 24.9 Å². The molecule has 0 saturated heterocycles. The van der Waals surface area contributed by atoms with Gasteiger partial charge in [-0.2, -0.15) is 0 Å². The number of hydrogen-bond donors (Lipinski definition) is 2. The topological polar surface area (TPSA) is 54.0 Å². The Morgan fingerprint density at radius 3 is 2.32 bits per heavy atom. The third kappa shape index (κ3) is 4.98. The van der Waals surface area contributed by atoms with Gasteiger partial charge in [0.05, 0.1) is 5.01 Å². The number of nitrogens with zero attached hydrogens (tertiary/aromatic N) is 1. The molecule has 1 aromatic heterocycles. The van der Waals surface area contributed by atoms with Crippen molar-refractivity contribution in [2.24, 2.45) is 0 Å². The van der Waals surface area contributed by atoms with E-state index in [1.54, 1.807) is 0 Å². The van der Waals surface area contributed by atoms with Gasteiger partial charge < -0.3 is 10.6 Å². The second kappa shape index (κ2) is 8.55. The van der Waals surface area contributed by atoms with Gasteiger partial charge in [-0.05, 0) is 23.7 Å². The Kier molecular flexibility index (Phi) is 5.93. The van der Waals surface area contributed by atoms with E-state index >= 15 is 0 Å². The van der Waals surface area contributed by atoms with Gasteiger partial charge in [0.1, 0.15) is 5.69 Å². The molecule has 0 unspecified atom stereocenters. The van der Waals surface area contributed by atoms with Gasteiger partial charge >= 0.3 is 0 Å². The predicted molar refractivity (Wildman–Crippen MR) is 102 cm³/mol. The Balaban J connectivity index is 1.54. The molecule has 0 saturated carbocycles. The molecule has 0 bridgehead atoms. The first-order valence-corrected chi connectivity index (χ1v) is 9.11. The third-order valence-electron chi connectivity index (χ3n) is 3.84. The maximum absolute atomic E-state index is 12.3. The van der Waals surface area contributed by atoms with E-state index < -0.39 is 0 Å². The number of hydrogen-bond acceptors (Lipinski definition) is 4. The summed E-state index contributed by atoms with van der Waals surface area (Å²) in [4.78, 5) is 16.7. The molecule has 0 fully saturated rings. The summed E-state index contributed by atoms with van der Waals surface area (Å²) in [6.45, 7) is 1.35. The van der Waals surface area contributed by atoms with Crippen molar-refractivity contribution in [2.75, 3.05) is 7.05 Å². The molecule has 0 spiro atoms. The Hall–Kier alpha value is -2.50. The number of carbonyl (C=O) groups excluding carboxylic acids is 1. The Morgan fingerprint density at radius 2 is 1.64 bits per heavy atom. The van der Waals surface area contributed by atoms with Crippen molar-refractivity contribution in [2.45, 2.75) is 19.5 Å². The largest absolute Gasteiger partial charge is 0.347 e. The SMILES string of the molecule is CNCc1ccc(CNC(=O)c2csc(Cc3ccccc3)n2)cc1. The molecule has 3 rings (SSSR count). The maximum atomic E-state index is 12.3. The summed E-state index contributed by atoms with van der Waals surface area (Å²) >= 11 is 1.52. The molecular weight excluding hydrogens is 330 g/mol. The van der Waals surface area contributed by atoms with Crippen LogP contribution in [-0.2, 0) is 19.5 Å². The quantitative estimate of drug-likeness (QED) is 0.686. The van der Waals surface area contributed by atoms with E-state index in [1.807, 2.05) is 42.8 Å². The molecule has 5 heteroatoms. The highest BCUT2D eigenvalue weighted by atomic mass is 32.1. The number of carbonyl (C=O) groups is 1. The number of rotatable bonds is 7. The molecule has 0 atom stereocenters. The summed E-state index contributed by atoms with van der Waals surface area (Å²) in [5, 5.41) is 8.83. The predicted octanol–water partition coefficient (Wildman–Crippen LogP) is 3.38. The average molecular weight is 351 g/mol. The van der Waals surface area contributed by atoms with Crippen LogP contribution >= 0.6 is 11.3 Å². The minimum atomic E-state index is -0.130. The van der Waals surface area contributed by atoms with Gasteiger partial charge in [0.2, 0.25) is 0 Å². The minimum Gasteiger partial charge on any atom is -0.347 e. The van der Waals surface area contributed by atoms with E-state index in [1.165, 1.54) is 22.5 Å². The van der Waals surface area contributed by atoms with Gasteiger partial charge in [-0.15, -0.1) is 11.3 Å². The molecule has 2 N–H and O–H groups in total. The van der Waals surface area contributed by atoms with Crippen molar-refractivity contribution in [3.8, 4) is 0 Å². The molecule has 0 radical (unpaired) electrons. The number of thiazole rings is 1. The number of nitrogens with one attached hydrogen (secondary N) is 2. The van der Waals surface area contributed by atoms with Crippen LogP contribution in [0, 0.1) is 0 Å². The first-order valence-electron chi connectivity index (χ1n) is 8.23. The van der Waals surface area contributed by atoms with Gasteiger partial charge in [-0.1, -0.05) is 54.6 Å². The van der Waals surface area contributed by atoms with Crippen LogP contribution in [0.3, 0.4) is 0 Å². The normalized spacial score (nSPS) is 10.6. The average Bonchev–Trinajstić information content (AvgIpc) is 3.10. The molecule has 4 nitrogen and oxygen atoms in total. The standard InChI is InChI=1S/C20H21N3OS/c1-21-12-16-7-9-17(10-8-16)13-22-20(24)18-14-25-19(23-18)11-15-5-3-2-4-6-15/h2-10,14,21H,11-13H2,1H3,(H,22,24). The molecule has 3 aromatic rings. The van der Waals surface area contributed by atoms with Crippen LogP contribution in [0.25, 0.3) is 0 Å². The maximum Gasteiger partial charge on any atom is 0.271 e. The third-order valence-corrected chi connectivity index (χ3v) is 4.69. The van der Waals surface area contributed by atoms with Gasteiger partial charge in [0.15, 0.2) is 0 Å². The summed E-state index contributed by atoms with van der Waals surface area (Å²) in [7, 11) is 1.92. The minimum absolute atomic E-state index is 0.130.